The molecule has 0 unspecified atom stereocenters. The van der Waals surface area contributed by atoms with Crippen LogP contribution in [0.15, 0.2) is 91.3 Å². The summed E-state index contributed by atoms with van der Waals surface area (Å²) in [4.78, 5) is 9.28. The van der Waals surface area contributed by atoms with E-state index in [0.29, 0.717) is 17.8 Å². The molecule has 2 aliphatic heterocycles. The van der Waals surface area contributed by atoms with Crippen molar-refractivity contribution in [2.45, 2.75) is 78.7 Å². The third kappa shape index (κ3) is 6.38. The molecule has 0 bridgehead atoms. The lowest BCUT2D eigenvalue weighted by molar-refractivity contribution is 0.150. The van der Waals surface area contributed by atoms with Gasteiger partial charge in [0, 0.05) is 54.2 Å². The summed E-state index contributed by atoms with van der Waals surface area (Å²) < 4.78 is 6.81. The molecule has 47 heavy (non-hydrogen) atoms. The highest BCUT2D eigenvalue weighted by Crippen LogP contribution is 2.46. The van der Waals surface area contributed by atoms with Gasteiger partial charge in [-0.25, -0.2) is 0 Å². The maximum Gasteiger partial charge on any atom is 0.130 e. The molecule has 4 aromatic carbocycles. The maximum absolute atomic E-state index is 6.81. The van der Waals surface area contributed by atoms with Crippen LogP contribution in [0.2, 0.25) is 0 Å². The van der Waals surface area contributed by atoms with E-state index in [0.717, 1.165) is 36.2 Å². The molecule has 0 atom stereocenters. The van der Waals surface area contributed by atoms with Crippen molar-refractivity contribution in [2.75, 3.05) is 37.2 Å². The number of anilines is 3. The number of ether oxygens (including phenoxy) is 1. The van der Waals surface area contributed by atoms with Crippen LogP contribution in [0.4, 0.5) is 17.1 Å². The van der Waals surface area contributed by atoms with Gasteiger partial charge in [-0.15, -0.1) is 0 Å². The number of hydrogen-bond acceptors (Lipinski definition) is 5. The first-order valence-electron chi connectivity index (χ1n) is 17.2. The van der Waals surface area contributed by atoms with E-state index in [1.54, 1.807) is 0 Å². The molecule has 0 spiro atoms. The van der Waals surface area contributed by atoms with E-state index in [1.807, 2.05) is 0 Å². The number of fused-ring (bicyclic) bond motifs is 1. The fourth-order valence-electron chi connectivity index (χ4n) is 6.91. The molecule has 2 aliphatic rings. The molecule has 0 aromatic heterocycles. The molecule has 0 N–H and O–H groups in total. The van der Waals surface area contributed by atoms with Gasteiger partial charge in [0.1, 0.15) is 11.5 Å². The van der Waals surface area contributed by atoms with Crippen molar-refractivity contribution in [1.82, 2.24) is 9.80 Å². The molecule has 0 saturated heterocycles. The summed E-state index contributed by atoms with van der Waals surface area (Å²) >= 11 is 0. The lowest BCUT2D eigenvalue weighted by Gasteiger charge is -2.47. The SMILES string of the molecule is CC(C)c1cc(C(C)C)c(-c2cc(Oc3cccc(N4C=CN(C)C4)c3)cc(N3CN(C)C(C)(C)c4ccccc43)c2)c(C(C)C)c1. The summed E-state index contributed by atoms with van der Waals surface area (Å²) in [7, 11) is 4.31. The minimum absolute atomic E-state index is 0.0785. The molecule has 2 heterocycles. The number of benzene rings is 4. The van der Waals surface area contributed by atoms with Gasteiger partial charge >= 0.3 is 0 Å². The van der Waals surface area contributed by atoms with E-state index >= 15 is 0 Å². The molecule has 6 rings (SSSR count). The Kier molecular flexibility index (Phi) is 8.88. The smallest absolute Gasteiger partial charge is 0.130 e. The average molecular weight is 629 g/mol. The van der Waals surface area contributed by atoms with Crippen LogP contribution in [0.1, 0.15) is 95.4 Å². The molecule has 0 amide bonds. The Labute approximate surface area is 283 Å². The van der Waals surface area contributed by atoms with Gasteiger partial charge in [-0.2, -0.15) is 0 Å². The van der Waals surface area contributed by atoms with Gasteiger partial charge in [0.25, 0.3) is 0 Å². The van der Waals surface area contributed by atoms with Gasteiger partial charge in [0.2, 0.25) is 0 Å². The van der Waals surface area contributed by atoms with Gasteiger partial charge in [0.15, 0.2) is 0 Å². The standard InChI is InChI=1S/C42H52N4O/c1-28(2)31-22-37(29(3)4)41(38(23-31)30(5)6)32-20-34(46-27-44(10)42(7,8)39-16-11-12-17-40(39)46)25-36(21-32)47-35-15-13-14-33(24-35)45-19-18-43(9)26-45/h11-25,28-30H,26-27H2,1-10H3. The largest absolute Gasteiger partial charge is 0.457 e. The van der Waals surface area contributed by atoms with E-state index in [4.69, 9.17) is 4.74 Å². The quantitative estimate of drug-likeness (QED) is 0.193. The van der Waals surface area contributed by atoms with Gasteiger partial charge < -0.3 is 19.4 Å². The van der Waals surface area contributed by atoms with Crippen molar-refractivity contribution < 1.29 is 4.74 Å². The second-order valence-electron chi connectivity index (χ2n) is 14.9. The lowest BCUT2D eigenvalue weighted by Crippen LogP contribution is -2.49. The summed E-state index contributed by atoms with van der Waals surface area (Å²) in [6, 6.07) is 29.0. The zero-order chi connectivity index (χ0) is 33.6. The zero-order valence-corrected chi connectivity index (χ0v) is 30.0. The van der Waals surface area contributed by atoms with Crippen molar-refractivity contribution in [3.63, 3.8) is 0 Å². The highest BCUT2D eigenvalue weighted by molar-refractivity contribution is 5.80. The van der Waals surface area contributed by atoms with Gasteiger partial charge in [-0.3, -0.25) is 4.90 Å². The molecule has 5 heteroatoms. The van der Waals surface area contributed by atoms with E-state index in [9.17, 15) is 0 Å². The van der Waals surface area contributed by atoms with Crippen molar-refractivity contribution in [2.24, 2.45) is 0 Å². The Morgan fingerprint density at radius 2 is 1.34 bits per heavy atom. The molecular weight excluding hydrogens is 576 g/mol. The Morgan fingerprint density at radius 3 is 1.98 bits per heavy atom. The molecular formula is C42H52N4O. The number of para-hydroxylation sites is 1. The zero-order valence-electron chi connectivity index (χ0n) is 30.0. The van der Waals surface area contributed by atoms with Crippen molar-refractivity contribution in [1.29, 1.82) is 0 Å². The second kappa shape index (κ2) is 12.8. The van der Waals surface area contributed by atoms with Crippen molar-refractivity contribution in [3.8, 4) is 22.6 Å². The Morgan fingerprint density at radius 1 is 0.660 bits per heavy atom. The monoisotopic (exact) mass is 628 g/mol. The average Bonchev–Trinajstić information content (AvgIpc) is 3.48. The van der Waals surface area contributed by atoms with Crippen LogP contribution in [0.25, 0.3) is 11.1 Å². The van der Waals surface area contributed by atoms with Crippen LogP contribution < -0.4 is 14.5 Å². The van der Waals surface area contributed by atoms with Crippen LogP contribution in [0, 0.1) is 0 Å². The molecule has 5 nitrogen and oxygen atoms in total. The summed E-state index contributed by atoms with van der Waals surface area (Å²) in [5.41, 5.74) is 11.5. The molecule has 0 saturated carbocycles. The highest BCUT2D eigenvalue weighted by atomic mass is 16.5. The fourth-order valence-corrected chi connectivity index (χ4v) is 6.91. The minimum atomic E-state index is -0.0785. The van der Waals surface area contributed by atoms with E-state index in [-0.39, 0.29) is 5.54 Å². The maximum atomic E-state index is 6.81. The van der Waals surface area contributed by atoms with Crippen LogP contribution in [-0.4, -0.2) is 37.2 Å². The summed E-state index contributed by atoms with van der Waals surface area (Å²) in [5.74, 6) is 2.88. The first-order chi connectivity index (χ1) is 22.3. The summed E-state index contributed by atoms with van der Waals surface area (Å²) in [6.45, 7) is 20.1. The predicted octanol–water partition coefficient (Wildman–Crippen LogP) is 11.0. The Balaban J connectivity index is 1.54. The lowest BCUT2D eigenvalue weighted by atomic mass is 9.81. The van der Waals surface area contributed by atoms with Crippen LogP contribution in [0.3, 0.4) is 0 Å². The van der Waals surface area contributed by atoms with E-state index < -0.39 is 0 Å². The van der Waals surface area contributed by atoms with Crippen molar-refractivity contribution in [3.05, 3.63) is 114 Å². The minimum Gasteiger partial charge on any atom is -0.457 e. The topological polar surface area (TPSA) is 22.2 Å². The first kappa shape index (κ1) is 32.7. The first-order valence-corrected chi connectivity index (χ1v) is 17.2. The third-order valence-corrected chi connectivity index (χ3v) is 10.0. The van der Waals surface area contributed by atoms with Gasteiger partial charge in [0.05, 0.1) is 13.3 Å². The van der Waals surface area contributed by atoms with Gasteiger partial charge in [-0.1, -0.05) is 77.9 Å². The van der Waals surface area contributed by atoms with Crippen molar-refractivity contribution >= 4 is 17.1 Å². The van der Waals surface area contributed by atoms with E-state index in [2.05, 4.69) is 180 Å². The summed E-state index contributed by atoms with van der Waals surface area (Å²) in [6.07, 6.45) is 4.21. The molecule has 0 aliphatic carbocycles. The Hall–Kier alpha value is -4.22. The normalized spacial score (nSPS) is 16.1. The van der Waals surface area contributed by atoms with Gasteiger partial charge in [-0.05, 0) is 102 Å². The van der Waals surface area contributed by atoms with Crippen LogP contribution in [0.5, 0.6) is 11.5 Å². The molecule has 0 fully saturated rings. The molecule has 0 radical (unpaired) electrons. The molecule has 4 aromatic rings. The predicted molar refractivity (Wildman–Crippen MR) is 199 cm³/mol. The fraction of sp³-hybridized carbons (Fsp3) is 0.381. The highest BCUT2D eigenvalue weighted by Gasteiger charge is 2.36. The van der Waals surface area contributed by atoms with Crippen LogP contribution in [-0.2, 0) is 5.54 Å². The number of nitrogens with zero attached hydrogens (tertiary/aromatic N) is 4. The third-order valence-electron chi connectivity index (χ3n) is 10.0. The number of hydrogen-bond donors (Lipinski definition) is 0. The van der Waals surface area contributed by atoms with E-state index in [1.165, 1.54) is 39.1 Å². The molecule has 246 valence electrons. The number of rotatable bonds is 8. The summed E-state index contributed by atoms with van der Waals surface area (Å²) in [5, 5.41) is 0. The van der Waals surface area contributed by atoms with Crippen LogP contribution >= 0.6 is 0 Å². The second-order valence-corrected chi connectivity index (χ2v) is 14.9. The Bertz CT molecular complexity index is 1760.